The second-order valence-electron chi connectivity index (χ2n) is 4.64. The number of carbonyl (C=O) groups is 2. The van der Waals surface area contributed by atoms with Gasteiger partial charge in [0.05, 0.1) is 6.42 Å². The minimum absolute atomic E-state index is 0.0284. The Kier molecular flexibility index (Phi) is 3.97. The van der Waals surface area contributed by atoms with Gasteiger partial charge in [0.1, 0.15) is 0 Å². The van der Waals surface area contributed by atoms with Crippen molar-refractivity contribution < 1.29 is 9.59 Å². The van der Waals surface area contributed by atoms with Crippen molar-refractivity contribution in [2.24, 2.45) is 0 Å². The Hall–Kier alpha value is -1.84. The summed E-state index contributed by atoms with van der Waals surface area (Å²) in [5.74, 6) is 0.121. The molecule has 1 aromatic carbocycles. The maximum atomic E-state index is 12.1. The fourth-order valence-electron chi connectivity index (χ4n) is 2.01. The summed E-state index contributed by atoms with van der Waals surface area (Å²) in [5, 5.41) is 2.77. The van der Waals surface area contributed by atoms with Gasteiger partial charge in [0.2, 0.25) is 11.8 Å². The number of rotatable bonds is 2. The maximum absolute atomic E-state index is 12.1. The van der Waals surface area contributed by atoms with E-state index in [1.165, 1.54) is 5.56 Å². The lowest BCUT2D eigenvalue weighted by Crippen LogP contribution is -2.35. The number of amides is 2. The van der Waals surface area contributed by atoms with Crippen LogP contribution in [0.1, 0.15) is 17.5 Å². The van der Waals surface area contributed by atoms with E-state index < -0.39 is 0 Å². The summed E-state index contributed by atoms with van der Waals surface area (Å²) < 4.78 is 0. The number of benzene rings is 1. The molecule has 0 unspecified atom stereocenters. The van der Waals surface area contributed by atoms with E-state index in [9.17, 15) is 9.59 Å². The zero-order valence-electron chi connectivity index (χ0n) is 10.6. The lowest BCUT2D eigenvalue weighted by Gasteiger charge is -2.19. The van der Waals surface area contributed by atoms with Crippen LogP contribution in [-0.2, 0) is 16.0 Å². The van der Waals surface area contributed by atoms with Crippen LogP contribution in [0.2, 0.25) is 0 Å². The van der Waals surface area contributed by atoms with Crippen LogP contribution in [0.3, 0.4) is 0 Å². The number of aryl methyl sites for hydroxylation is 1. The van der Waals surface area contributed by atoms with Crippen molar-refractivity contribution in [3.63, 3.8) is 0 Å². The molecule has 0 saturated carbocycles. The number of hydrogen-bond donors (Lipinski definition) is 1. The summed E-state index contributed by atoms with van der Waals surface area (Å²) >= 11 is 0. The standard InChI is InChI=1S/C14H18N2O2/c1-11-2-4-12(5-3-11)10-14(18)16-8-6-13(17)15-7-9-16/h2-5H,6-10H2,1H3,(H,15,17). The molecule has 1 heterocycles. The topological polar surface area (TPSA) is 49.4 Å². The molecule has 4 heteroatoms. The summed E-state index contributed by atoms with van der Waals surface area (Å²) in [6, 6.07) is 7.98. The van der Waals surface area contributed by atoms with Gasteiger partial charge in [-0.25, -0.2) is 0 Å². The predicted octanol–water partition coefficient (Wildman–Crippen LogP) is 0.886. The van der Waals surface area contributed by atoms with E-state index >= 15 is 0 Å². The highest BCUT2D eigenvalue weighted by molar-refractivity contribution is 5.81. The minimum Gasteiger partial charge on any atom is -0.354 e. The van der Waals surface area contributed by atoms with Crippen LogP contribution >= 0.6 is 0 Å². The molecule has 2 amide bonds. The molecule has 0 spiro atoms. The van der Waals surface area contributed by atoms with Crippen molar-refractivity contribution >= 4 is 11.8 Å². The van der Waals surface area contributed by atoms with Crippen molar-refractivity contribution in [2.45, 2.75) is 19.8 Å². The van der Waals surface area contributed by atoms with Gasteiger partial charge in [0.15, 0.2) is 0 Å². The molecule has 0 atom stereocenters. The fraction of sp³-hybridized carbons (Fsp3) is 0.429. The zero-order valence-corrected chi connectivity index (χ0v) is 10.6. The molecular weight excluding hydrogens is 228 g/mol. The van der Waals surface area contributed by atoms with Gasteiger partial charge in [-0.1, -0.05) is 29.8 Å². The second-order valence-corrected chi connectivity index (χ2v) is 4.64. The molecule has 1 saturated heterocycles. The quantitative estimate of drug-likeness (QED) is 0.842. The van der Waals surface area contributed by atoms with E-state index in [1.54, 1.807) is 4.90 Å². The Bertz CT molecular complexity index is 440. The summed E-state index contributed by atoms with van der Waals surface area (Å²) in [6.07, 6.45) is 0.814. The molecule has 96 valence electrons. The number of nitrogens with zero attached hydrogens (tertiary/aromatic N) is 1. The van der Waals surface area contributed by atoms with Crippen molar-refractivity contribution in [1.82, 2.24) is 10.2 Å². The lowest BCUT2D eigenvalue weighted by molar-refractivity contribution is -0.130. The third-order valence-corrected chi connectivity index (χ3v) is 3.14. The number of nitrogens with one attached hydrogen (secondary N) is 1. The Morgan fingerprint density at radius 3 is 2.72 bits per heavy atom. The number of carbonyl (C=O) groups excluding carboxylic acids is 2. The minimum atomic E-state index is 0.0284. The van der Waals surface area contributed by atoms with Crippen LogP contribution in [0.15, 0.2) is 24.3 Å². The average molecular weight is 246 g/mol. The maximum Gasteiger partial charge on any atom is 0.227 e. The monoisotopic (exact) mass is 246 g/mol. The van der Waals surface area contributed by atoms with Gasteiger partial charge in [0.25, 0.3) is 0 Å². The van der Waals surface area contributed by atoms with Gasteiger partial charge in [-0.2, -0.15) is 0 Å². The highest BCUT2D eigenvalue weighted by atomic mass is 16.2. The molecule has 18 heavy (non-hydrogen) atoms. The van der Waals surface area contributed by atoms with Crippen molar-refractivity contribution in [3.8, 4) is 0 Å². The van der Waals surface area contributed by atoms with Crippen molar-refractivity contribution in [1.29, 1.82) is 0 Å². The molecule has 0 aliphatic carbocycles. The van der Waals surface area contributed by atoms with Gasteiger partial charge in [-0.05, 0) is 12.5 Å². The molecule has 1 aliphatic rings. The van der Waals surface area contributed by atoms with Gasteiger partial charge in [0, 0.05) is 26.1 Å². The molecule has 1 fully saturated rings. The molecule has 0 bridgehead atoms. The average Bonchev–Trinajstić information content (AvgIpc) is 2.57. The predicted molar refractivity (Wildman–Crippen MR) is 69.1 cm³/mol. The Balaban J connectivity index is 1.94. The third-order valence-electron chi connectivity index (χ3n) is 3.14. The Morgan fingerprint density at radius 1 is 1.28 bits per heavy atom. The van der Waals surface area contributed by atoms with Crippen LogP contribution < -0.4 is 5.32 Å². The lowest BCUT2D eigenvalue weighted by atomic mass is 10.1. The van der Waals surface area contributed by atoms with E-state index in [1.807, 2.05) is 31.2 Å². The largest absolute Gasteiger partial charge is 0.354 e. The molecule has 1 aliphatic heterocycles. The van der Waals surface area contributed by atoms with Crippen LogP contribution in [-0.4, -0.2) is 36.3 Å². The van der Waals surface area contributed by atoms with E-state index in [-0.39, 0.29) is 11.8 Å². The van der Waals surface area contributed by atoms with Crippen LogP contribution in [0, 0.1) is 6.92 Å². The second kappa shape index (κ2) is 5.67. The molecule has 0 aromatic heterocycles. The Labute approximate surface area is 107 Å². The van der Waals surface area contributed by atoms with Gasteiger partial charge >= 0.3 is 0 Å². The first-order chi connectivity index (χ1) is 8.65. The summed E-state index contributed by atoms with van der Waals surface area (Å²) in [7, 11) is 0. The van der Waals surface area contributed by atoms with Crippen molar-refractivity contribution in [3.05, 3.63) is 35.4 Å². The molecular formula is C14H18N2O2. The van der Waals surface area contributed by atoms with Crippen LogP contribution in [0.4, 0.5) is 0 Å². The van der Waals surface area contributed by atoms with Crippen LogP contribution in [0.25, 0.3) is 0 Å². The van der Waals surface area contributed by atoms with E-state index in [4.69, 9.17) is 0 Å². The summed E-state index contributed by atoms with van der Waals surface area (Å²) in [4.78, 5) is 25.1. The van der Waals surface area contributed by atoms with Crippen molar-refractivity contribution in [2.75, 3.05) is 19.6 Å². The first kappa shape index (κ1) is 12.6. The zero-order chi connectivity index (χ0) is 13.0. The highest BCUT2D eigenvalue weighted by Crippen LogP contribution is 2.07. The third kappa shape index (κ3) is 3.32. The molecule has 1 aromatic rings. The van der Waals surface area contributed by atoms with Gasteiger partial charge in [-0.3, -0.25) is 9.59 Å². The number of hydrogen-bond acceptors (Lipinski definition) is 2. The van der Waals surface area contributed by atoms with E-state index in [2.05, 4.69) is 5.32 Å². The molecule has 2 rings (SSSR count). The fourth-order valence-corrected chi connectivity index (χ4v) is 2.01. The van der Waals surface area contributed by atoms with E-state index in [0.717, 1.165) is 5.56 Å². The highest BCUT2D eigenvalue weighted by Gasteiger charge is 2.18. The first-order valence-electron chi connectivity index (χ1n) is 6.25. The molecule has 1 N–H and O–H groups in total. The first-order valence-corrected chi connectivity index (χ1v) is 6.25. The SMILES string of the molecule is Cc1ccc(CC(=O)N2CCNC(=O)CC2)cc1. The summed E-state index contributed by atoms with van der Waals surface area (Å²) in [5.41, 5.74) is 2.21. The smallest absolute Gasteiger partial charge is 0.227 e. The van der Waals surface area contributed by atoms with Crippen LogP contribution in [0.5, 0.6) is 0 Å². The molecule has 0 radical (unpaired) electrons. The van der Waals surface area contributed by atoms with E-state index in [0.29, 0.717) is 32.5 Å². The van der Waals surface area contributed by atoms with Gasteiger partial charge < -0.3 is 10.2 Å². The normalized spacial score (nSPS) is 16.1. The van der Waals surface area contributed by atoms with Gasteiger partial charge in [-0.15, -0.1) is 0 Å². The Morgan fingerprint density at radius 2 is 2.00 bits per heavy atom. The molecule has 4 nitrogen and oxygen atoms in total. The summed E-state index contributed by atoms with van der Waals surface area (Å²) in [6.45, 7) is 3.71.